The van der Waals surface area contributed by atoms with Gasteiger partial charge in [-0.1, -0.05) is 31.2 Å². The predicted octanol–water partition coefficient (Wildman–Crippen LogP) is 4.87. The molecule has 6 nitrogen and oxygen atoms in total. The van der Waals surface area contributed by atoms with Crippen LogP contribution in [0.4, 0.5) is 4.39 Å². The largest absolute Gasteiger partial charge is 0.495 e. The van der Waals surface area contributed by atoms with E-state index in [0.29, 0.717) is 18.0 Å². The van der Waals surface area contributed by atoms with Gasteiger partial charge < -0.3 is 9.30 Å². The molecule has 2 N–H and O–H groups in total. The molecule has 0 aliphatic heterocycles. The molecular formula is C23H25FN4O2. The number of aryl methyl sites for hydroxylation is 1. The Morgan fingerprint density at radius 2 is 2.07 bits per heavy atom. The minimum Gasteiger partial charge on any atom is -0.495 e. The molecule has 30 heavy (non-hydrogen) atoms. The van der Waals surface area contributed by atoms with Crippen molar-refractivity contribution in [2.45, 2.75) is 26.3 Å². The number of methoxy groups -OCH3 is 1. The van der Waals surface area contributed by atoms with Crippen molar-refractivity contribution < 1.29 is 14.3 Å². The predicted molar refractivity (Wildman–Crippen MR) is 116 cm³/mol. The molecule has 1 aromatic heterocycles. The number of ether oxygens (including phenoxy) is 1. The molecule has 0 saturated carbocycles. The quantitative estimate of drug-likeness (QED) is 0.332. The first kappa shape index (κ1) is 21.3. The highest BCUT2D eigenvalue weighted by atomic mass is 19.1. The second-order valence-corrected chi connectivity index (χ2v) is 6.79. The number of nitrogens with one attached hydrogen (secondary N) is 1. The summed E-state index contributed by atoms with van der Waals surface area (Å²) in [4.78, 5) is 8.79. The highest BCUT2D eigenvalue weighted by Gasteiger charge is 2.09. The van der Waals surface area contributed by atoms with Crippen molar-refractivity contribution in [2.75, 3.05) is 7.11 Å². The van der Waals surface area contributed by atoms with Gasteiger partial charge in [0.05, 0.1) is 30.9 Å². The van der Waals surface area contributed by atoms with Gasteiger partial charge in [-0.2, -0.15) is 0 Å². The summed E-state index contributed by atoms with van der Waals surface area (Å²) in [5, 5.41) is 9.51. The first-order valence-corrected chi connectivity index (χ1v) is 9.64. The number of halogens is 1. The third-order valence-electron chi connectivity index (χ3n) is 4.68. The van der Waals surface area contributed by atoms with E-state index in [0.717, 1.165) is 22.5 Å². The van der Waals surface area contributed by atoms with Crippen molar-refractivity contribution in [3.05, 3.63) is 83.7 Å². The van der Waals surface area contributed by atoms with Gasteiger partial charge >= 0.3 is 0 Å². The average molecular weight is 408 g/mol. The Kier molecular flexibility index (Phi) is 6.98. The minimum atomic E-state index is -0.291. The molecule has 0 radical (unpaired) electrons. The monoisotopic (exact) mass is 408 g/mol. The third kappa shape index (κ3) is 5.12. The maximum atomic E-state index is 13.2. The summed E-state index contributed by atoms with van der Waals surface area (Å²) >= 11 is 0. The lowest BCUT2D eigenvalue weighted by atomic mass is 10.1. The lowest BCUT2D eigenvalue weighted by Crippen LogP contribution is -2.17. The number of hydrogen-bond donors (Lipinski definition) is 2. The van der Waals surface area contributed by atoms with Crippen molar-refractivity contribution in [3.8, 4) is 11.4 Å². The number of nitrogens with zero attached hydrogens (tertiary/aromatic N) is 3. The van der Waals surface area contributed by atoms with Crippen LogP contribution < -0.4 is 10.2 Å². The van der Waals surface area contributed by atoms with Crippen LogP contribution in [0.5, 0.6) is 5.75 Å². The third-order valence-corrected chi connectivity index (χ3v) is 4.68. The van der Waals surface area contributed by atoms with Gasteiger partial charge in [0.1, 0.15) is 17.4 Å². The molecule has 156 valence electrons. The second-order valence-electron chi connectivity index (χ2n) is 6.79. The Balaban J connectivity index is 1.83. The van der Waals surface area contributed by atoms with Crippen molar-refractivity contribution in [1.29, 1.82) is 0 Å². The van der Waals surface area contributed by atoms with Crippen LogP contribution in [0.3, 0.4) is 0 Å². The molecule has 7 heteroatoms. The van der Waals surface area contributed by atoms with Crippen LogP contribution in [0.25, 0.3) is 11.8 Å². The van der Waals surface area contributed by atoms with Gasteiger partial charge in [0.15, 0.2) is 0 Å². The van der Waals surface area contributed by atoms with E-state index in [-0.39, 0.29) is 11.9 Å². The number of aromatic nitrogens is 2. The Hall–Kier alpha value is -3.45. The Bertz CT molecular complexity index is 1040. The van der Waals surface area contributed by atoms with Crippen molar-refractivity contribution in [3.63, 3.8) is 0 Å². The second kappa shape index (κ2) is 9.84. The number of hydrogen-bond acceptors (Lipinski definition) is 4. The molecule has 1 heterocycles. The van der Waals surface area contributed by atoms with Gasteiger partial charge in [0.25, 0.3) is 0 Å². The van der Waals surface area contributed by atoms with Crippen molar-refractivity contribution in [2.24, 2.45) is 4.99 Å². The van der Waals surface area contributed by atoms with E-state index in [9.17, 15) is 9.60 Å². The topological polar surface area (TPSA) is 71.7 Å². The van der Waals surface area contributed by atoms with Crippen LogP contribution in [-0.4, -0.2) is 27.7 Å². The number of aliphatic imine (C=N–C) groups is 1. The molecule has 2 aromatic carbocycles. The highest BCUT2D eigenvalue weighted by Crippen LogP contribution is 2.25. The number of hydroxylamine groups is 1. The van der Waals surface area contributed by atoms with Crippen LogP contribution in [0.1, 0.15) is 36.2 Å². The molecule has 0 spiro atoms. The molecule has 1 unspecified atom stereocenters. The first-order valence-electron chi connectivity index (χ1n) is 9.64. The minimum absolute atomic E-state index is 0.203. The highest BCUT2D eigenvalue weighted by molar-refractivity contribution is 5.95. The van der Waals surface area contributed by atoms with E-state index >= 15 is 0 Å². The van der Waals surface area contributed by atoms with Gasteiger partial charge in [0, 0.05) is 6.20 Å². The van der Waals surface area contributed by atoms with E-state index in [2.05, 4.69) is 15.5 Å². The molecule has 0 saturated heterocycles. The SMILES string of the molecule is CCC(N=C(C=Cc1ccc(-n2cnc(C)c2)c(OC)c1)NO)c1ccc(F)cc1. The maximum absolute atomic E-state index is 13.2. The summed E-state index contributed by atoms with van der Waals surface area (Å²) in [5.41, 5.74) is 5.69. The molecular weight excluding hydrogens is 383 g/mol. The number of benzene rings is 2. The van der Waals surface area contributed by atoms with Crippen LogP contribution in [0.2, 0.25) is 0 Å². The summed E-state index contributed by atoms with van der Waals surface area (Å²) < 4.78 is 20.6. The van der Waals surface area contributed by atoms with Gasteiger partial charge in [-0.25, -0.2) is 9.37 Å². The van der Waals surface area contributed by atoms with Gasteiger partial charge in [-0.05, 0) is 54.8 Å². The van der Waals surface area contributed by atoms with E-state index in [1.165, 1.54) is 12.1 Å². The smallest absolute Gasteiger partial charge is 0.145 e. The molecule has 0 amide bonds. The fourth-order valence-corrected chi connectivity index (χ4v) is 3.10. The maximum Gasteiger partial charge on any atom is 0.145 e. The van der Waals surface area contributed by atoms with Crippen LogP contribution in [0, 0.1) is 12.7 Å². The Morgan fingerprint density at radius 1 is 1.30 bits per heavy atom. The summed E-state index contributed by atoms with van der Waals surface area (Å²) in [6.07, 6.45) is 7.88. The first-order chi connectivity index (χ1) is 14.5. The fraction of sp³-hybridized carbons (Fsp3) is 0.217. The average Bonchev–Trinajstić information content (AvgIpc) is 3.20. The van der Waals surface area contributed by atoms with Gasteiger partial charge in [0.2, 0.25) is 0 Å². The number of amidine groups is 1. The Labute approximate surface area is 175 Å². The molecule has 0 fully saturated rings. The number of rotatable bonds is 7. The molecule has 0 aliphatic rings. The van der Waals surface area contributed by atoms with Gasteiger partial charge in [-0.15, -0.1) is 0 Å². The standard InChI is InChI=1S/C23H25FN4O2/c1-4-20(18-7-9-19(24)10-8-18)26-23(27-29)12-6-17-5-11-21(22(13-17)30-3)28-14-16(2)25-15-28/h5-15,20,29H,4H2,1-3H3,(H,26,27). The van der Waals surface area contributed by atoms with Gasteiger partial charge in [-0.3, -0.25) is 15.7 Å². The zero-order valence-electron chi connectivity index (χ0n) is 17.2. The summed E-state index contributed by atoms with van der Waals surface area (Å²) in [7, 11) is 1.62. The van der Waals surface area contributed by atoms with Crippen LogP contribution >= 0.6 is 0 Å². The van der Waals surface area contributed by atoms with E-state index in [1.807, 2.05) is 48.9 Å². The molecule has 1 atom stereocenters. The lowest BCUT2D eigenvalue weighted by molar-refractivity contribution is 0.234. The molecule has 0 bridgehead atoms. The van der Waals surface area contributed by atoms with E-state index < -0.39 is 0 Å². The molecule has 0 aliphatic carbocycles. The van der Waals surface area contributed by atoms with Crippen molar-refractivity contribution in [1.82, 2.24) is 15.0 Å². The molecule has 3 rings (SSSR count). The van der Waals surface area contributed by atoms with Crippen molar-refractivity contribution >= 4 is 11.9 Å². The van der Waals surface area contributed by atoms with Crippen LogP contribution in [0.15, 0.2) is 66.1 Å². The zero-order chi connectivity index (χ0) is 21.5. The normalized spacial score (nSPS) is 12.9. The zero-order valence-corrected chi connectivity index (χ0v) is 17.2. The summed E-state index contributed by atoms with van der Waals surface area (Å²) in [6, 6.07) is 11.8. The van der Waals surface area contributed by atoms with Crippen LogP contribution in [-0.2, 0) is 0 Å². The lowest BCUT2D eigenvalue weighted by Gasteiger charge is -2.12. The molecule has 3 aromatic rings. The number of imidazole rings is 1. The van der Waals surface area contributed by atoms with E-state index in [1.54, 1.807) is 31.6 Å². The fourth-order valence-electron chi connectivity index (χ4n) is 3.10. The van der Waals surface area contributed by atoms with E-state index in [4.69, 9.17) is 4.74 Å². The summed E-state index contributed by atoms with van der Waals surface area (Å²) in [6.45, 7) is 3.91. The Morgan fingerprint density at radius 3 is 2.67 bits per heavy atom. The summed E-state index contributed by atoms with van der Waals surface area (Å²) in [5.74, 6) is 0.712.